The summed E-state index contributed by atoms with van der Waals surface area (Å²) in [6.07, 6.45) is 2.38. The van der Waals surface area contributed by atoms with Crippen molar-refractivity contribution in [1.82, 2.24) is 35.9 Å². The van der Waals surface area contributed by atoms with Crippen molar-refractivity contribution in [3.8, 4) is 5.75 Å². The molecule has 458 valence electrons. The van der Waals surface area contributed by atoms with Gasteiger partial charge in [0.1, 0.15) is 46.8 Å². The average Bonchev–Trinajstić information content (AvgIpc) is 2.58. The zero-order valence-electron chi connectivity index (χ0n) is 49.6. The Balaban J connectivity index is 1.000. The molecule has 0 spiro atoms. The highest BCUT2D eigenvalue weighted by Crippen LogP contribution is 2.49. The van der Waals surface area contributed by atoms with Crippen molar-refractivity contribution in [3.05, 3.63) is 82.5 Å². The number of nitrogens with two attached hydrogens (primary N) is 1. The lowest BCUT2D eigenvalue weighted by Crippen LogP contribution is -2.63. The van der Waals surface area contributed by atoms with E-state index in [0.29, 0.717) is 56.8 Å². The van der Waals surface area contributed by atoms with Gasteiger partial charge in [0.2, 0.25) is 23.6 Å². The molecule has 2 fully saturated rings. The number of esters is 1. The van der Waals surface area contributed by atoms with Crippen LogP contribution < -0.4 is 36.7 Å². The minimum Gasteiger partial charge on any atom is -0.495 e. The number of fused-ring (bicyclic) bond motifs is 6. The van der Waals surface area contributed by atoms with Gasteiger partial charge in [-0.1, -0.05) is 60.5 Å². The summed E-state index contributed by atoms with van der Waals surface area (Å²) in [5, 5.41) is 23.4. The minimum atomic E-state index is -1.87. The number of unbranched alkanes of at least 4 members (excludes halogenated alkanes) is 1. The van der Waals surface area contributed by atoms with E-state index in [1.807, 2.05) is 56.4 Å². The van der Waals surface area contributed by atoms with E-state index in [1.54, 1.807) is 45.2 Å². The fraction of sp³-hybridized carbons (Fsp3) is 0.593. The molecule has 23 nitrogen and oxygen atoms in total. The topological polar surface area (TPSA) is 279 Å². The minimum absolute atomic E-state index is 0.0151. The van der Waals surface area contributed by atoms with Gasteiger partial charge in [0.05, 0.1) is 64.7 Å². The van der Waals surface area contributed by atoms with E-state index >= 15 is 0 Å². The van der Waals surface area contributed by atoms with Gasteiger partial charge in [-0.2, -0.15) is 0 Å². The van der Waals surface area contributed by atoms with Crippen LogP contribution in [0.15, 0.2) is 66.3 Å². The molecule has 0 aliphatic carbocycles. The van der Waals surface area contributed by atoms with E-state index in [9.17, 15) is 33.9 Å². The van der Waals surface area contributed by atoms with Crippen molar-refractivity contribution in [2.75, 3.05) is 86.8 Å². The highest BCUT2D eigenvalue weighted by Gasteiger charge is 2.64. The normalized spacial score (nSPS) is 23.6. The molecular weight excluding hydrogens is 1090 g/mol. The first-order valence-electron chi connectivity index (χ1n) is 28.3. The fourth-order valence-corrected chi connectivity index (χ4v) is 10.8. The van der Waals surface area contributed by atoms with Gasteiger partial charge in [0.25, 0.3) is 0 Å². The number of allylic oxidation sites excluding steroid dienone is 3. The van der Waals surface area contributed by atoms with Crippen molar-refractivity contribution < 1.29 is 67.0 Å². The van der Waals surface area contributed by atoms with Gasteiger partial charge in [-0.3, -0.25) is 29.9 Å². The molecule has 83 heavy (non-hydrogen) atoms. The van der Waals surface area contributed by atoms with Crippen LogP contribution in [0.3, 0.4) is 0 Å². The quantitative estimate of drug-likeness (QED) is 0.0283. The Hall–Kier alpha value is -6.15. The molecule has 3 aliphatic heterocycles. The van der Waals surface area contributed by atoms with Crippen LogP contribution in [-0.4, -0.2) is 185 Å². The first kappa shape index (κ1) is 66.0. The Kier molecular flexibility index (Phi) is 24.3. The molecule has 4 bridgehead atoms. The summed E-state index contributed by atoms with van der Waals surface area (Å²) in [5.74, 6) is -2.51. The summed E-state index contributed by atoms with van der Waals surface area (Å²) in [4.78, 5) is 84.2. The van der Waals surface area contributed by atoms with Crippen LogP contribution in [0, 0.1) is 5.92 Å². The number of likely N-dealkylation sites (N-methyl/N-ethyl adjacent to an activating group) is 1. The molecule has 3 aliphatic rings. The Morgan fingerprint density at radius 3 is 2.48 bits per heavy atom. The summed E-state index contributed by atoms with van der Waals surface area (Å²) >= 11 is 6.83. The second-order valence-corrected chi connectivity index (χ2v) is 22.1. The lowest BCUT2D eigenvalue weighted by atomic mass is 9.83. The largest absolute Gasteiger partial charge is 0.495 e. The number of nitrogens with zero attached hydrogens (tertiary/aromatic N) is 4. The number of anilines is 1. The maximum absolute atomic E-state index is 14.4. The number of hydrogen-bond acceptors (Lipinski definition) is 17. The number of ether oxygens (including phenoxy) is 7. The van der Waals surface area contributed by atoms with Crippen molar-refractivity contribution >= 4 is 63.9 Å². The van der Waals surface area contributed by atoms with E-state index in [4.69, 9.17) is 50.5 Å². The van der Waals surface area contributed by atoms with Crippen LogP contribution in [-0.2, 0) is 71.9 Å². The summed E-state index contributed by atoms with van der Waals surface area (Å²) in [5.41, 5.74) is 9.79. The number of epoxide rings is 1. The summed E-state index contributed by atoms with van der Waals surface area (Å²) in [6.45, 7) is 9.12. The molecule has 4 heterocycles. The van der Waals surface area contributed by atoms with Crippen LogP contribution in [0.25, 0.3) is 10.9 Å². The maximum Gasteiger partial charge on any atom is 0.409 e. The van der Waals surface area contributed by atoms with E-state index in [1.165, 1.54) is 38.0 Å². The number of aryl methyl sites for hydroxylation is 1. The first-order valence-corrected chi connectivity index (χ1v) is 28.7. The second kappa shape index (κ2) is 30.6. The number of methoxy groups -OCH3 is 2. The van der Waals surface area contributed by atoms with Crippen molar-refractivity contribution in [2.24, 2.45) is 11.7 Å². The molecule has 0 saturated carbocycles. The number of hydrazine groups is 1. The predicted molar refractivity (Wildman–Crippen MR) is 312 cm³/mol. The number of carbonyl (C=O) groups excluding carboxylic acids is 6. The standard InChI is InChI=1S/C59H86ClN9O14/c1-37-16-15-20-48(78-10)59(76)35-47(81-57(75)65-59)38(2)54-58(4,83-54)49(34-52(72)68(8)45-31-40(30-37)32-46(77-9)53(45)60)82-56(74)39(3)67(7)51(71)22-26-79-28-29-80-27-24-63-55(73)43(18-13-14-23-61)64-50(70)21-25-69-42(36-66(6)62-5)33-41-17-11-12-19-44(41)69/h11-12,15-17,19-20,31-33,38-39,43,47-49,54,62,76H,13-14,18,21-30,34-36,61H2,1-10H3,(H,63,73)(H,64,70)(H,65,75). The number of halogens is 1. The van der Waals surface area contributed by atoms with Crippen LogP contribution in [0.4, 0.5) is 10.5 Å². The second-order valence-electron chi connectivity index (χ2n) is 21.7. The third-order valence-corrected chi connectivity index (χ3v) is 16.1. The number of aliphatic hydroxyl groups is 1. The fourth-order valence-electron chi connectivity index (χ4n) is 10.5. The number of benzene rings is 2. The molecule has 9 atom stereocenters. The Morgan fingerprint density at radius 2 is 1.77 bits per heavy atom. The van der Waals surface area contributed by atoms with Gasteiger partial charge in [-0.05, 0) is 95.3 Å². The molecule has 0 radical (unpaired) electrons. The number of rotatable bonds is 26. The van der Waals surface area contributed by atoms with Crippen LogP contribution in [0.5, 0.6) is 5.75 Å². The zero-order chi connectivity index (χ0) is 60.6. The Morgan fingerprint density at radius 1 is 1.04 bits per heavy atom. The van der Waals surface area contributed by atoms with E-state index in [0.717, 1.165) is 27.7 Å². The molecule has 2 aromatic carbocycles. The number of hydrogen-bond donors (Lipinski definition) is 6. The highest BCUT2D eigenvalue weighted by atomic mass is 35.5. The van der Waals surface area contributed by atoms with E-state index < -0.39 is 77.6 Å². The summed E-state index contributed by atoms with van der Waals surface area (Å²) in [7, 11) is 9.71. The van der Waals surface area contributed by atoms with Crippen molar-refractivity contribution in [3.63, 3.8) is 0 Å². The number of para-hydroxylation sites is 1. The van der Waals surface area contributed by atoms with Gasteiger partial charge in [-0.25, -0.2) is 14.6 Å². The third kappa shape index (κ3) is 17.5. The van der Waals surface area contributed by atoms with Gasteiger partial charge < -0.3 is 69.0 Å². The molecule has 9 unspecified atom stereocenters. The smallest absolute Gasteiger partial charge is 0.409 e. The van der Waals surface area contributed by atoms with Crippen LogP contribution >= 0.6 is 11.6 Å². The van der Waals surface area contributed by atoms with Gasteiger partial charge >= 0.3 is 12.1 Å². The van der Waals surface area contributed by atoms with Crippen LogP contribution in [0.2, 0.25) is 5.02 Å². The predicted octanol–water partition coefficient (Wildman–Crippen LogP) is 4.28. The van der Waals surface area contributed by atoms with E-state index in [2.05, 4.69) is 32.0 Å². The number of nitrogens with one attached hydrogen (secondary N) is 4. The molecule has 2 saturated heterocycles. The lowest BCUT2D eigenvalue weighted by Gasteiger charge is -2.42. The Labute approximate surface area is 491 Å². The SMILES string of the molecule is CNN(C)Cc1cc2ccccc2n1CCC(=O)NC(CCCCN)C(=O)NCCOCCOCCC(=O)N(C)C(C)C(=O)OC1CC(=O)N(C)c2cc(cc(OC)c2Cl)CC(C)=CC=CC(OC)C2(O)CC(OC(=O)N2)C(C)C2OC12C. The number of amides is 5. The van der Waals surface area contributed by atoms with E-state index in [-0.39, 0.29) is 75.5 Å². The first-order chi connectivity index (χ1) is 39.6. The highest BCUT2D eigenvalue weighted by molar-refractivity contribution is 6.35. The maximum atomic E-state index is 14.4. The number of aromatic nitrogens is 1. The zero-order valence-corrected chi connectivity index (χ0v) is 50.4. The lowest BCUT2D eigenvalue weighted by molar-refractivity contribution is -0.162. The van der Waals surface area contributed by atoms with Gasteiger partial charge in [0.15, 0.2) is 5.72 Å². The monoisotopic (exact) mass is 1180 g/mol. The van der Waals surface area contributed by atoms with Crippen molar-refractivity contribution in [1.29, 1.82) is 0 Å². The van der Waals surface area contributed by atoms with Crippen LogP contribution in [0.1, 0.15) is 83.9 Å². The molecule has 6 rings (SSSR count). The third-order valence-electron chi connectivity index (χ3n) is 15.7. The summed E-state index contributed by atoms with van der Waals surface area (Å²) < 4.78 is 43.0. The molecule has 7 N–H and O–H groups in total. The molecular formula is C59H86ClN9O14. The number of alkyl carbamates (subject to hydrolysis) is 1. The molecule has 1 aromatic heterocycles. The molecule has 3 aromatic rings. The molecule has 5 amide bonds. The average molecular weight is 1180 g/mol. The van der Waals surface area contributed by atoms with Gasteiger partial charge in [0, 0.05) is 71.3 Å². The van der Waals surface area contributed by atoms with Crippen molar-refractivity contribution in [2.45, 2.75) is 140 Å². The Bertz CT molecular complexity index is 2800. The van der Waals surface area contributed by atoms with Gasteiger partial charge in [-0.15, -0.1) is 0 Å². The summed E-state index contributed by atoms with van der Waals surface area (Å²) in [6, 6.07) is 11.8. The number of carbonyl (C=O) groups is 6. The molecule has 24 heteroatoms.